The molecule has 0 saturated carbocycles. The van der Waals surface area contributed by atoms with Crippen LogP contribution >= 0.6 is 0 Å². The molecule has 0 radical (unpaired) electrons. The highest BCUT2D eigenvalue weighted by Gasteiger charge is 2.58. The molecule has 2 aromatic rings. The number of carbonyl (C=O) groups is 3. The third kappa shape index (κ3) is 3.81. The van der Waals surface area contributed by atoms with E-state index in [1.807, 2.05) is 17.0 Å². The first-order chi connectivity index (χ1) is 17.0. The number of hydrogen-bond donors (Lipinski definition) is 1. The number of ether oxygens (including phenoxy) is 3. The first-order valence-corrected chi connectivity index (χ1v) is 12.0. The summed E-state index contributed by atoms with van der Waals surface area (Å²) < 4.78 is 16.0. The van der Waals surface area contributed by atoms with Crippen LogP contribution in [0.4, 0.5) is 0 Å². The van der Waals surface area contributed by atoms with Gasteiger partial charge in [-0.15, -0.1) is 0 Å². The molecule has 1 N–H and O–H groups in total. The highest BCUT2D eigenvalue weighted by molar-refractivity contribution is 6.49. The van der Waals surface area contributed by atoms with Gasteiger partial charge in [0.05, 0.1) is 27.4 Å². The van der Waals surface area contributed by atoms with Gasteiger partial charge in [-0.3, -0.25) is 19.3 Å². The SMILES string of the molecule is COc1cc(C(=O)C(=O)C2C(=O)C3CCCC(C4NCCc5ccccc54)N32)cc(OC)c1OC. The predicted octanol–water partition coefficient (Wildman–Crippen LogP) is 2.53. The van der Waals surface area contributed by atoms with Gasteiger partial charge in [0.15, 0.2) is 17.3 Å². The summed E-state index contributed by atoms with van der Waals surface area (Å²) in [5.74, 6) is -0.722. The molecule has 35 heavy (non-hydrogen) atoms. The highest BCUT2D eigenvalue weighted by Crippen LogP contribution is 2.43. The Morgan fingerprint density at radius 3 is 2.40 bits per heavy atom. The predicted molar refractivity (Wildman–Crippen MR) is 128 cm³/mol. The number of benzene rings is 2. The van der Waals surface area contributed by atoms with Crippen molar-refractivity contribution in [2.75, 3.05) is 27.9 Å². The first-order valence-electron chi connectivity index (χ1n) is 12.0. The Morgan fingerprint density at radius 1 is 1.00 bits per heavy atom. The van der Waals surface area contributed by atoms with Crippen molar-refractivity contribution in [1.82, 2.24) is 10.2 Å². The fraction of sp³-hybridized carbons (Fsp3) is 0.444. The molecule has 0 amide bonds. The van der Waals surface area contributed by atoms with Crippen LogP contribution in [0.15, 0.2) is 36.4 Å². The number of methoxy groups -OCH3 is 3. The lowest BCUT2D eigenvalue weighted by Crippen LogP contribution is -2.74. The minimum absolute atomic E-state index is 0.0161. The second kappa shape index (κ2) is 9.43. The molecule has 2 aromatic carbocycles. The van der Waals surface area contributed by atoms with Gasteiger partial charge in [0.1, 0.15) is 6.04 Å². The Morgan fingerprint density at radius 2 is 1.71 bits per heavy atom. The van der Waals surface area contributed by atoms with E-state index in [1.54, 1.807) is 0 Å². The molecule has 3 aliphatic heterocycles. The van der Waals surface area contributed by atoms with Crippen LogP contribution < -0.4 is 19.5 Å². The Balaban J connectivity index is 1.45. The van der Waals surface area contributed by atoms with Crippen molar-refractivity contribution in [1.29, 1.82) is 0 Å². The van der Waals surface area contributed by atoms with E-state index < -0.39 is 17.6 Å². The number of nitrogens with one attached hydrogen (secondary N) is 1. The molecule has 2 fully saturated rings. The Labute approximate surface area is 204 Å². The molecule has 0 spiro atoms. The van der Waals surface area contributed by atoms with E-state index >= 15 is 0 Å². The van der Waals surface area contributed by atoms with E-state index in [1.165, 1.54) is 44.6 Å². The van der Waals surface area contributed by atoms with Crippen molar-refractivity contribution in [3.05, 3.63) is 53.1 Å². The topological polar surface area (TPSA) is 94.2 Å². The van der Waals surface area contributed by atoms with E-state index in [9.17, 15) is 14.4 Å². The van der Waals surface area contributed by atoms with Crippen LogP contribution in [0, 0.1) is 0 Å². The molecule has 2 saturated heterocycles. The molecule has 3 heterocycles. The van der Waals surface area contributed by atoms with Crippen LogP contribution in [0.3, 0.4) is 0 Å². The maximum Gasteiger partial charge on any atom is 0.231 e. The van der Waals surface area contributed by atoms with Gasteiger partial charge in [0, 0.05) is 17.6 Å². The number of ketones is 3. The number of carbonyl (C=O) groups excluding carboxylic acids is 3. The van der Waals surface area contributed by atoms with E-state index in [2.05, 4.69) is 17.4 Å². The minimum atomic E-state index is -1.06. The molecule has 8 nitrogen and oxygen atoms in total. The number of rotatable bonds is 7. The summed E-state index contributed by atoms with van der Waals surface area (Å²) in [4.78, 5) is 41.9. The fourth-order valence-electron chi connectivity index (χ4n) is 5.92. The first kappa shape index (κ1) is 23.5. The molecule has 0 aromatic heterocycles. The lowest BCUT2D eigenvalue weighted by molar-refractivity contribution is -0.159. The normalized spacial score (nSPS) is 25.6. The van der Waals surface area contributed by atoms with Crippen LogP contribution in [-0.4, -0.2) is 68.2 Å². The van der Waals surface area contributed by atoms with Gasteiger partial charge < -0.3 is 19.5 Å². The van der Waals surface area contributed by atoms with Crippen molar-refractivity contribution in [2.45, 2.75) is 49.9 Å². The van der Waals surface area contributed by atoms with E-state index in [0.717, 1.165) is 25.8 Å². The minimum Gasteiger partial charge on any atom is -0.493 e. The molecule has 0 bridgehead atoms. The van der Waals surface area contributed by atoms with E-state index in [4.69, 9.17) is 14.2 Å². The lowest BCUT2D eigenvalue weighted by Gasteiger charge is -2.55. The van der Waals surface area contributed by atoms with Crippen molar-refractivity contribution >= 4 is 17.3 Å². The van der Waals surface area contributed by atoms with Crippen LogP contribution in [0.25, 0.3) is 0 Å². The standard InChI is InChI=1S/C27H30N2O6/c1-33-20-13-16(14-21(34-2)27(20)35-3)24(30)26(32)23-25(31)19-10-6-9-18(29(19)23)22-17-8-5-4-7-15(17)11-12-28-22/h4-5,7-8,13-14,18-19,22-23,28H,6,9-12H2,1-3H3. The zero-order valence-corrected chi connectivity index (χ0v) is 20.2. The van der Waals surface area contributed by atoms with Crippen molar-refractivity contribution in [3.63, 3.8) is 0 Å². The van der Waals surface area contributed by atoms with Crippen molar-refractivity contribution in [2.24, 2.45) is 0 Å². The quantitative estimate of drug-likeness (QED) is 0.369. The summed E-state index contributed by atoms with van der Waals surface area (Å²) in [6, 6.07) is 9.84. The van der Waals surface area contributed by atoms with Crippen molar-refractivity contribution < 1.29 is 28.6 Å². The van der Waals surface area contributed by atoms with Gasteiger partial charge in [-0.2, -0.15) is 0 Å². The Kier molecular flexibility index (Phi) is 6.34. The van der Waals surface area contributed by atoms with Gasteiger partial charge in [0.2, 0.25) is 17.3 Å². The van der Waals surface area contributed by atoms with Gasteiger partial charge in [0.25, 0.3) is 0 Å². The molecular formula is C27H30N2O6. The largest absolute Gasteiger partial charge is 0.493 e. The number of hydrogen-bond acceptors (Lipinski definition) is 8. The highest BCUT2D eigenvalue weighted by atomic mass is 16.5. The Bertz CT molecular complexity index is 1150. The average Bonchev–Trinajstić information content (AvgIpc) is 2.90. The average molecular weight is 479 g/mol. The van der Waals surface area contributed by atoms with E-state index in [0.29, 0.717) is 12.2 Å². The maximum absolute atomic E-state index is 13.5. The Hall–Kier alpha value is -3.23. The lowest BCUT2D eigenvalue weighted by atomic mass is 9.74. The second-order valence-corrected chi connectivity index (χ2v) is 9.25. The molecule has 5 rings (SSSR count). The molecule has 184 valence electrons. The van der Waals surface area contributed by atoms with Crippen LogP contribution in [0.5, 0.6) is 17.2 Å². The van der Waals surface area contributed by atoms with Crippen molar-refractivity contribution in [3.8, 4) is 17.2 Å². The van der Waals surface area contributed by atoms with Crippen LogP contribution in [0.2, 0.25) is 0 Å². The van der Waals surface area contributed by atoms with Gasteiger partial charge in [-0.05, 0) is 55.5 Å². The molecular weight excluding hydrogens is 448 g/mol. The fourth-order valence-corrected chi connectivity index (χ4v) is 5.92. The van der Waals surface area contributed by atoms with Gasteiger partial charge >= 0.3 is 0 Å². The maximum atomic E-state index is 13.5. The zero-order chi connectivity index (χ0) is 24.7. The molecule has 8 heteroatoms. The number of nitrogens with zero attached hydrogens (tertiary/aromatic N) is 1. The van der Waals surface area contributed by atoms with Crippen LogP contribution in [-0.2, 0) is 16.0 Å². The summed E-state index contributed by atoms with van der Waals surface area (Å²) in [7, 11) is 4.36. The number of piperidine rings is 1. The number of Topliss-reactive ketones (excluding diaryl/α,β-unsaturated/α-hetero) is 3. The van der Waals surface area contributed by atoms with Crippen LogP contribution in [0.1, 0.15) is 46.8 Å². The smallest absolute Gasteiger partial charge is 0.231 e. The molecule has 0 aliphatic carbocycles. The summed E-state index contributed by atoms with van der Waals surface area (Å²) in [6.45, 7) is 0.841. The van der Waals surface area contributed by atoms with Gasteiger partial charge in [-0.25, -0.2) is 0 Å². The summed E-state index contributed by atoms with van der Waals surface area (Å²) in [6.07, 6.45) is 3.44. The molecule has 4 unspecified atom stereocenters. The van der Waals surface area contributed by atoms with E-state index in [-0.39, 0.29) is 41.0 Å². The summed E-state index contributed by atoms with van der Waals surface area (Å²) >= 11 is 0. The second-order valence-electron chi connectivity index (χ2n) is 9.25. The molecule has 3 aliphatic rings. The molecule has 4 atom stereocenters. The van der Waals surface area contributed by atoms with Gasteiger partial charge in [-0.1, -0.05) is 24.3 Å². The third-order valence-electron chi connectivity index (χ3n) is 7.55. The monoisotopic (exact) mass is 478 g/mol. The zero-order valence-electron chi connectivity index (χ0n) is 20.2. The number of fused-ring (bicyclic) bond motifs is 2. The summed E-state index contributed by atoms with van der Waals surface area (Å²) in [5.41, 5.74) is 2.61. The summed E-state index contributed by atoms with van der Waals surface area (Å²) in [5, 5.41) is 3.61. The third-order valence-corrected chi connectivity index (χ3v) is 7.55.